The van der Waals surface area contributed by atoms with Crippen LogP contribution in [0.4, 0.5) is 5.00 Å². The Kier molecular flexibility index (Phi) is 3.98. The summed E-state index contributed by atoms with van der Waals surface area (Å²) in [6, 6.07) is 3.73. The monoisotopic (exact) mass is 349 g/mol. The number of thiophene rings is 1. The Morgan fingerprint density at radius 3 is 2.92 bits per heavy atom. The minimum Gasteiger partial charge on any atom is -0.484 e. The number of aliphatic hydroxyl groups is 1. The number of aromatic nitrogens is 1. The topological polar surface area (TPSA) is 115 Å². The summed E-state index contributed by atoms with van der Waals surface area (Å²) in [4.78, 5) is 27.2. The van der Waals surface area contributed by atoms with E-state index >= 15 is 0 Å². The molecule has 0 bridgehead atoms. The molecule has 126 valence electrons. The van der Waals surface area contributed by atoms with Crippen molar-refractivity contribution in [2.24, 2.45) is 0 Å². The lowest BCUT2D eigenvalue weighted by Crippen LogP contribution is -2.53. The van der Waals surface area contributed by atoms with Crippen molar-refractivity contribution in [2.45, 2.75) is 31.6 Å². The van der Waals surface area contributed by atoms with Crippen LogP contribution in [-0.4, -0.2) is 32.6 Å². The van der Waals surface area contributed by atoms with Crippen LogP contribution in [0.15, 0.2) is 30.6 Å². The van der Waals surface area contributed by atoms with Crippen molar-refractivity contribution in [1.29, 1.82) is 0 Å². The minimum absolute atomic E-state index is 0.106. The summed E-state index contributed by atoms with van der Waals surface area (Å²) in [5, 5.41) is 24.2. The van der Waals surface area contributed by atoms with E-state index in [1.807, 2.05) is 0 Å². The lowest BCUT2D eigenvalue weighted by atomic mass is 9.90. The fourth-order valence-corrected chi connectivity index (χ4v) is 3.50. The molecule has 3 rings (SSSR count). The van der Waals surface area contributed by atoms with Gasteiger partial charge in [-0.05, 0) is 26.0 Å². The highest BCUT2D eigenvalue weighted by molar-refractivity contribution is 7.15. The summed E-state index contributed by atoms with van der Waals surface area (Å²) in [6.07, 6.45) is 1.89. The van der Waals surface area contributed by atoms with Gasteiger partial charge in [0.05, 0.1) is 27.5 Å². The zero-order chi connectivity index (χ0) is 17.5. The first kappa shape index (κ1) is 16.3. The molecule has 2 N–H and O–H groups in total. The quantitative estimate of drug-likeness (QED) is 0.647. The number of hydrogen-bond acceptors (Lipinski definition) is 7. The van der Waals surface area contributed by atoms with E-state index < -0.39 is 28.6 Å². The summed E-state index contributed by atoms with van der Waals surface area (Å²) >= 11 is 0.879. The van der Waals surface area contributed by atoms with E-state index in [0.29, 0.717) is 16.2 Å². The first-order valence-electron chi connectivity index (χ1n) is 7.15. The Hall–Kier alpha value is -2.52. The van der Waals surface area contributed by atoms with E-state index in [4.69, 9.17) is 4.74 Å². The van der Waals surface area contributed by atoms with Crippen molar-refractivity contribution in [1.82, 2.24) is 10.3 Å². The van der Waals surface area contributed by atoms with Crippen molar-refractivity contribution in [3.63, 3.8) is 0 Å². The highest BCUT2D eigenvalue weighted by Crippen LogP contribution is 2.47. The predicted molar refractivity (Wildman–Crippen MR) is 86.1 cm³/mol. The second-order valence-corrected chi connectivity index (χ2v) is 6.98. The smallest absolute Gasteiger partial charge is 0.328 e. The van der Waals surface area contributed by atoms with Crippen molar-refractivity contribution in [3.05, 3.63) is 51.1 Å². The lowest BCUT2D eigenvalue weighted by Gasteiger charge is -2.40. The number of carbonyl (C=O) groups excluding carboxylic acids is 1. The van der Waals surface area contributed by atoms with Gasteiger partial charge in [-0.2, -0.15) is 0 Å². The predicted octanol–water partition coefficient (Wildman–Crippen LogP) is 2.05. The van der Waals surface area contributed by atoms with Gasteiger partial charge in [-0.15, -0.1) is 0 Å². The molecule has 0 spiro atoms. The molecule has 2 atom stereocenters. The molecule has 0 saturated heterocycles. The van der Waals surface area contributed by atoms with Crippen molar-refractivity contribution in [3.8, 4) is 5.75 Å². The third kappa shape index (κ3) is 2.83. The molecule has 24 heavy (non-hydrogen) atoms. The Balaban J connectivity index is 1.96. The molecule has 0 fully saturated rings. The third-order valence-corrected chi connectivity index (χ3v) is 4.94. The molecular formula is C15H15N3O5S. The Morgan fingerprint density at radius 1 is 1.54 bits per heavy atom. The van der Waals surface area contributed by atoms with E-state index in [1.165, 1.54) is 12.3 Å². The second kappa shape index (κ2) is 5.84. The molecule has 0 aliphatic carbocycles. The van der Waals surface area contributed by atoms with Crippen LogP contribution in [0, 0.1) is 10.1 Å². The van der Waals surface area contributed by atoms with Crippen molar-refractivity contribution >= 4 is 22.2 Å². The van der Waals surface area contributed by atoms with Gasteiger partial charge in [0.1, 0.15) is 17.5 Å². The molecule has 1 amide bonds. The fraction of sp³-hybridized carbons (Fsp3) is 0.333. The Bertz CT molecular complexity index is 790. The van der Waals surface area contributed by atoms with Crippen LogP contribution in [0.1, 0.15) is 35.1 Å². The number of nitro groups is 1. The van der Waals surface area contributed by atoms with Gasteiger partial charge >= 0.3 is 5.00 Å². The summed E-state index contributed by atoms with van der Waals surface area (Å²) in [6.45, 7) is 3.32. The van der Waals surface area contributed by atoms with Gasteiger partial charge in [-0.3, -0.25) is 19.9 Å². The number of nitrogens with one attached hydrogen (secondary N) is 1. The largest absolute Gasteiger partial charge is 0.484 e. The van der Waals surface area contributed by atoms with E-state index in [9.17, 15) is 20.0 Å². The molecular weight excluding hydrogens is 334 g/mol. The first-order valence-corrected chi connectivity index (χ1v) is 7.97. The van der Waals surface area contributed by atoms with Gasteiger partial charge < -0.3 is 15.2 Å². The van der Waals surface area contributed by atoms with Crippen LogP contribution in [-0.2, 0) is 0 Å². The van der Waals surface area contributed by atoms with Crippen LogP contribution in [0.25, 0.3) is 0 Å². The SMILES string of the molecule is CC1(C)Oc2cc([N+](=O)[O-])sc2[C@H](NC(=O)c2cccnc2)[C@H]1O. The lowest BCUT2D eigenvalue weighted by molar-refractivity contribution is -0.380. The zero-order valence-electron chi connectivity index (χ0n) is 12.9. The average Bonchev–Trinajstić information content (AvgIpc) is 2.95. The average molecular weight is 349 g/mol. The number of nitrogens with zero attached hydrogens (tertiary/aromatic N) is 2. The van der Waals surface area contributed by atoms with Crippen LogP contribution < -0.4 is 10.1 Å². The molecule has 0 saturated carbocycles. The van der Waals surface area contributed by atoms with E-state index in [-0.39, 0.29) is 5.00 Å². The Labute approximate surface area is 141 Å². The molecule has 0 aromatic carbocycles. The number of rotatable bonds is 3. The van der Waals surface area contributed by atoms with Crippen LogP contribution >= 0.6 is 11.3 Å². The number of amides is 1. The molecule has 2 aromatic heterocycles. The fourth-order valence-electron chi connectivity index (χ4n) is 2.52. The normalized spacial score (nSPS) is 21.5. The number of ether oxygens (including phenoxy) is 1. The summed E-state index contributed by atoms with van der Waals surface area (Å²) < 4.78 is 5.67. The van der Waals surface area contributed by atoms with Gasteiger partial charge in [0.2, 0.25) is 0 Å². The summed E-state index contributed by atoms with van der Waals surface area (Å²) in [5.74, 6) is -0.120. The number of carbonyl (C=O) groups is 1. The molecule has 3 heterocycles. The standard InChI is InChI=1S/C15H15N3O5S/c1-15(2)13(19)11(17-14(20)8-4-3-5-16-7-8)12-9(23-15)6-10(24-12)18(21)22/h3-7,11,13,19H,1-2H3,(H,17,20)/t11-,13+/m0/s1. The molecule has 0 unspecified atom stereocenters. The van der Waals surface area contributed by atoms with E-state index in [1.54, 1.807) is 32.2 Å². The molecule has 9 heteroatoms. The maximum atomic E-state index is 12.4. The summed E-state index contributed by atoms with van der Waals surface area (Å²) in [7, 11) is 0. The van der Waals surface area contributed by atoms with Crippen LogP contribution in [0.3, 0.4) is 0 Å². The van der Waals surface area contributed by atoms with Gasteiger partial charge in [0.15, 0.2) is 0 Å². The highest BCUT2D eigenvalue weighted by Gasteiger charge is 2.46. The molecule has 8 nitrogen and oxygen atoms in total. The van der Waals surface area contributed by atoms with E-state index in [0.717, 1.165) is 11.3 Å². The zero-order valence-corrected chi connectivity index (χ0v) is 13.7. The van der Waals surface area contributed by atoms with Crippen molar-refractivity contribution in [2.75, 3.05) is 0 Å². The van der Waals surface area contributed by atoms with Crippen LogP contribution in [0.2, 0.25) is 0 Å². The molecule has 1 aliphatic rings. The van der Waals surface area contributed by atoms with Gasteiger partial charge in [-0.25, -0.2) is 0 Å². The molecule has 0 radical (unpaired) electrons. The molecule has 2 aromatic rings. The van der Waals surface area contributed by atoms with Gasteiger partial charge in [0.25, 0.3) is 5.91 Å². The maximum absolute atomic E-state index is 12.4. The van der Waals surface area contributed by atoms with Crippen molar-refractivity contribution < 1.29 is 19.6 Å². The third-order valence-electron chi connectivity index (χ3n) is 3.79. The molecule has 1 aliphatic heterocycles. The number of pyridine rings is 1. The van der Waals surface area contributed by atoms with E-state index in [2.05, 4.69) is 10.3 Å². The highest BCUT2D eigenvalue weighted by atomic mass is 32.1. The van der Waals surface area contributed by atoms with Gasteiger partial charge in [-0.1, -0.05) is 11.3 Å². The first-order chi connectivity index (χ1) is 11.3. The number of aliphatic hydroxyl groups excluding tert-OH is 1. The second-order valence-electron chi connectivity index (χ2n) is 5.91. The Morgan fingerprint density at radius 2 is 2.29 bits per heavy atom. The van der Waals surface area contributed by atoms with Gasteiger partial charge in [0, 0.05) is 12.4 Å². The summed E-state index contributed by atoms with van der Waals surface area (Å²) in [5.41, 5.74) is -0.670. The van der Waals surface area contributed by atoms with Crippen LogP contribution in [0.5, 0.6) is 5.75 Å². The number of hydrogen-bond donors (Lipinski definition) is 2. The number of fused-ring (bicyclic) bond motifs is 1. The minimum atomic E-state index is -1.07. The maximum Gasteiger partial charge on any atom is 0.328 e.